The van der Waals surface area contributed by atoms with Gasteiger partial charge >= 0.3 is 11.9 Å². The number of esters is 2. The van der Waals surface area contributed by atoms with E-state index in [4.69, 9.17) is 9.47 Å². The first kappa shape index (κ1) is 19.3. The SMILES string of the molecule is COC(=O)c1nc(-c2cc(C(=O)OC(C)(C)C)ccc2F)cnc1OC. The molecule has 2 aromatic rings. The molecular formula is C18H19FN2O5. The third-order valence-electron chi connectivity index (χ3n) is 3.19. The Kier molecular flexibility index (Phi) is 5.54. The molecule has 0 amide bonds. The molecule has 0 fully saturated rings. The van der Waals surface area contributed by atoms with Gasteiger partial charge in [-0.05, 0) is 39.0 Å². The Morgan fingerprint density at radius 1 is 1.12 bits per heavy atom. The summed E-state index contributed by atoms with van der Waals surface area (Å²) in [5.74, 6) is -2.06. The molecule has 0 unspecified atom stereocenters. The second-order valence-electron chi connectivity index (χ2n) is 6.30. The molecule has 0 aliphatic rings. The van der Waals surface area contributed by atoms with E-state index in [2.05, 4.69) is 14.7 Å². The van der Waals surface area contributed by atoms with Crippen molar-refractivity contribution in [3.63, 3.8) is 0 Å². The van der Waals surface area contributed by atoms with Crippen molar-refractivity contribution in [2.75, 3.05) is 14.2 Å². The zero-order chi connectivity index (χ0) is 19.5. The van der Waals surface area contributed by atoms with Crippen LogP contribution in [0.15, 0.2) is 24.4 Å². The van der Waals surface area contributed by atoms with E-state index in [0.717, 1.165) is 6.07 Å². The Morgan fingerprint density at radius 3 is 2.38 bits per heavy atom. The van der Waals surface area contributed by atoms with Crippen molar-refractivity contribution in [1.29, 1.82) is 0 Å². The largest absolute Gasteiger partial charge is 0.479 e. The fourth-order valence-electron chi connectivity index (χ4n) is 2.07. The number of benzene rings is 1. The average molecular weight is 362 g/mol. The van der Waals surface area contributed by atoms with Gasteiger partial charge in [-0.15, -0.1) is 0 Å². The Hall–Kier alpha value is -3.03. The monoisotopic (exact) mass is 362 g/mol. The Bertz CT molecular complexity index is 846. The molecule has 0 saturated heterocycles. The van der Waals surface area contributed by atoms with Gasteiger partial charge in [-0.25, -0.2) is 23.9 Å². The van der Waals surface area contributed by atoms with Crippen LogP contribution in [-0.2, 0) is 9.47 Å². The van der Waals surface area contributed by atoms with Gasteiger partial charge in [0.05, 0.1) is 31.7 Å². The lowest BCUT2D eigenvalue weighted by Gasteiger charge is -2.19. The van der Waals surface area contributed by atoms with Crippen molar-refractivity contribution >= 4 is 11.9 Å². The van der Waals surface area contributed by atoms with Crippen LogP contribution in [0.1, 0.15) is 41.6 Å². The van der Waals surface area contributed by atoms with E-state index in [9.17, 15) is 14.0 Å². The Balaban J connectivity index is 2.50. The molecule has 0 saturated carbocycles. The van der Waals surface area contributed by atoms with E-state index in [-0.39, 0.29) is 28.4 Å². The van der Waals surface area contributed by atoms with Gasteiger partial charge in [0.25, 0.3) is 0 Å². The van der Waals surface area contributed by atoms with Crippen LogP contribution in [0.5, 0.6) is 5.88 Å². The summed E-state index contributed by atoms with van der Waals surface area (Å²) < 4.78 is 29.2. The minimum absolute atomic E-state index is 0.00587. The Labute approximate surface area is 150 Å². The van der Waals surface area contributed by atoms with Gasteiger partial charge in [0.1, 0.15) is 11.4 Å². The molecule has 0 radical (unpaired) electrons. The lowest BCUT2D eigenvalue weighted by atomic mass is 10.1. The minimum atomic E-state index is -0.778. The molecule has 1 heterocycles. The molecule has 7 nitrogen and oxygen atoms in total. The molecule has 1 aromatic heterocycles. The number of nitrogens with zero attached hydrogens (tertiary/aromatic N) is 2. The summed E-state index contributed by atoms with van der Waals surface area (Å²) >= 11 is 0. The van der Waals surface area contributed by atoms with Crippen LogP contribution in [0, 0.1) is 5.82 Å². The fraction of sp³-hybridized carbons (Fsp3) is 0.333. The van der Waals surface area contributed by atoms with E-state index in [1.165, 1.54) is 32.5 Å². The summed E-state index contributed by atoms with van der Waals surface area (Å²) in [6.07, 6.45) is 1.24. The lowest BCUT2D eigenvalue weighted by molar-refractivity contribution is 0.00693. The second kappa shape index (κ2) is 7.47. The highest BCUT2D eigenvalue weighted by Crippen LogP contribution is 2.25. The molecule has 138 valence electrons. The maximum absolute atomic E-state index is 14.3. The first-order chi connectivity index (χ1) is 12.2. The lowest BCUT2D eigenvalue weighted by Crippen LogP contribution is -2.23. The average Bonchev–Trinajstić information content (AvgIpc) is 2.59. The van der Waals surface area contributed by atoms with Gasteiger partial charge in [0.2, 0.25) is 11.6 Å². The van der Waals surface area contributed by atoms with E-state index in [1.54, 1.807) is 20.8 Å². The molecule has 1 aromatic carbocycles. The summed E-state index contributed by atoms with van der Waals surface area (Å²) in [6, 6.07) is 3.73. The molecule has 0 atom stereocenters. The number of hydrogen-bond acceptors (Lipinski definition) is 7. The highest BCUT2D eigenvalue weighted by atomic mass is 19.1. The number of carbonyl (C=O) groups excluding carboxylic acids is 2. The van der Waals surface area contributed by atoms with Crippen LogP contribution < -0.4 is 4.74 Å². The quantitative estimate of drug-likeness (QED) is 0.773. The number of ether oxygens (including phenoxy) is 3. The highest BCUT2D eigenvalue weighted by molar-refractivity contribution is 5.92. The van der Waals surface area contributed by atoms with Crippen molar-refractivity contribution < 1.29 is 28.2 Å². The zero-order valence-corrected chi connectivity index (χ0v) is 15.1. The predicted molar refractivity (Wildman–Crippen MR) is 90.5 cm³/mol. The molecule has 8 heteroatoms. The third kappa shape index (κ3) is 4.33. The van der Waals surface area contributed by atoms with Gasteiger partial charge in [0, 0.05) is 5.56 Å². The van der Waals surface area contributed by atoms with Crippen LogP contribution >= 0.6 is 0 Å². The minimum Gasteiger partial charge on any atom is -0.479 e. The van der Waals surface area contributed by atoms with Gasteiger partial charge in [-0.3, -0.25) is 0 Å². The van der Waals surface area contributed by atoms with Gasteiger partial charge in [-0.1, -0.05) is 0 Å². The second-order valence-corrected chi connectivity index (χ2v) is 6.30. The van der Waals surface area contributed by atoms with Crippen molar-refractivity contribution in [2.24, 2.45) is 0 Å². The molecule has 0 spiro atoms. The number of hydrogen-bond donors (Lipinski definition) is 0. The smallest absolute Gasteiger partial charge is 0.362 e. The van der Waals surface area contributed by atoms with Crippen LogP contribution in [0.3, 0.4) is 0 Å². The number of halogens is 1. The van der Waals surface area contributed by atoms with Gasteiger partial charge in [-0.2, -0.15) is 0 Å². The standard InChI is InChI=1S/C18H19FN2O5/c1-18(2,3)26-16(22)10-6-7-12(19)11(8-10)13-9-20-15(24-4)14(21-13)17(23)25-5/h6-9H,1-5H3. The fourth-order valence-corrected chi connectivity index (χ4v) is 2.07. The highest BCUT2D eigenvalue weighted by Gasteiger charge is 2.22. The van der Waals surface area contributed by atoms with Crippen LogP contribution in [0.2, 0.25) is 0 Å². The first-order valence-electron chi connectivity index (χ1n) is 7.69. The third-order valence-corrected chi connectivity index (χ3v) is 3.19. The molecule has 0 bridgehead atoms. The van der Waals surface area contributed by atoms with Crippen LogP contribution in [-0.4, -0.2) is 41.7 Å². The van der Waals surface area contributed by atoms with E-state index >= 15 is 0 Å². The number of carbonyl (C=O) groups is 2. The van der Waals surface area contributed by atoms with E-state index < -0.39 is 23.4 Å². The topological polar surface area (TPSA) is 87.6 Å². The van der Waals surface area contributed by atoms with Crippen molar-refractivity contribution in [2.45, 2.75) is 26.4 Å². The molecule has 0 aliphatic heterocycles. The van der Waals surface area contributed by atoms with Gasteiger partial charge in [0.15, 0.2) is 0 Å². The van der Waals surface area contributed by atoms with Crippen molar-refractivity contribution in [3.05, 3.63) is 41.5 Å². The summed E-state index contributed by atoms with van der Waals surface area (Å²) in [5, 5.41) is 0. The normalized spacial score (nSPS) is 11.0. The molecule has 0 N–H and O–H groups in total. The van der Waals surface area contributed by atoms with E-state index in [1.807, 2.05) is 0 Å². The zero-order valence-electron chi connectivity index (χ0n) is 15.1. The van der Waals surface area contributed by atoms with Crippen molar-refractivity contribution in [1.82, 2.24) is 9.97 Å². The number of rotatable bonds is 4. The summed E-state index contributed by atoms with van der Waals surface area (Å²) in [4.78, 5) is 32.0. The first-order valence-corrected chi connectivity index (χ1v) is 7.69. The number of methoxy groups -OCH3 is 2. The summed E-state index contributed by atoms with van der Waals surface area (Å²) in [6.45, 7) is 5.19. The molecule has 2 rings (SSSR count). The molecular weight excluding hydrogens is 343 g/mol. The van der Waals surface area contributed by atoms with Crippen LogP contribution in [0.25, 0.3) is 11.3 Å². The molecule has 26 heavy (non-hydrogen) atoms. The Morgan fingerprint density at radius 2 is 1.81 bits per heavy atom. The van der Waals surface area contributed by atoms with Crippen molar-refractivity contribution in [3.8, 4) is 17.1 Å². The predicted octanol–water partition coefficient (Wildman–Crippen LogP) is 3.03. The number of aromatic nitrogens is 2. The maximum atomic E-state index is 14.3. The van der Waals surface area contributed by atoms with Gasteiger partial charge < -0.3 is 14.2 Å². The maximum Gasteiger partial charge on any atom is 0.362 e. The molecule has 0 aliphatic carbocycles. The van der Waals surface area contributed by atoms with E-state index in [0.29, 0.717) is 0 Å². The summed E-state index contributed by atoms with van der Waals surface area (Å²) in [7, 11) is 2.50. The van der Waals surface area contributed by atoms with Crippen LogP contribution in [0.4, 0.5) is 4.39 Å². The summed E-state index contributed by atoms with van der Waals surface area (Å²) in [5.41, 5.74) is -0.699.